The average Bonchev–Trinajstić information content (AvgIpc) is 2.69. The number of hydrogen-bond acceptors (Lipinski definition) is 6. The van der Waals surface area contributed by atoms with E-state index in [0.717, 1.165) is 5.56 Å². The zero-order valence-electron chi connectivity index (χ0n) is 15.2. The smallest absolute Gasteiger partial charge is 0.319 e. The van der Waals surface area contributed by atoms with Crippen molar-refractivity contribution in [2.24, 2.45) is 0 Å². The third kappa shape index (κ3) is 5.82. The number of nitrogens with zero attached hydrogens (tertiary/aromatic N) is 3. The summed E-state index contributed by atoms with van der Waals surface area (Å²) in [5.41, 5.74) is 1.60. The Morgan fingerprint density at radius 2 is 1.86 bits per heavy atom. The second-order valence-corrected chi connectivity index (χ2v) is 6.33. The van der Waals surface area contributed by atoms with Gasteiger partial charge in [0.05, 0.1) is 10.7 Å². The molecular weight excluding hydrogens is 378 g/mol. The lowest BCUT2D eigenvalue weighted by molar-refractivity contribution is 0.252. The van der Waals surface area contributed by atoms with Gasteiger partial charge in [0.1, 0.15) is 23.8 Å². The third-order valence-corrected chi connectivity index (χ3v) is 3.99. The molecule has 144 valence electrons. The van der Waals surface area contributed by atoms with E-state index in [1.54, 1.807) is 24.4 Å². The van der Waals surface area contributed by atoms with Gasteiger partial charge in [0.15, 0.2) is 0 Å². The Morgan fingerprint density at radius 1 is 1.00 bits per heavy atom. The Hall–Kier alpha value is -3.39. The fourth-order valence-electron chi connectivity index (χ4n) is 2.34. The molecule has 28 heavy (non-hydrogen) atoms. The number of pyridine rings is 1. The normalized spacial score (nSPS) is 10.2. The molecule has 0 spiro atoms. The van der Waals surface area contributed by atoms with Crippen LogP contribution in [-0.4, -0.2) is 34.1 Å². The van der Waals surface area contributed by atoms with Gasteiger partial charge in [0, 0.05) is 25.4 Å². The molecular formula is C19H20ClN7O. The van der Waals surface area contributed by atoms with Gasteiger partial charge in [-0.15, -0.1) is 0 Å². The summed E-state index contributed by atoms with van der Waals surface area (Å²) in [5, 5.41) is 12.2. The van der Waals surface area contributed by atoms with Crippen LogP contribution in [0.4, 0.5) is 27.9 Å². The van der Waals surface area contributed by atoms with Gasteiger partial charge >= 0.3 is 6.03 Å². The number of hydrogen-bond donors (Lipinski definition) is 4. The summed E-state index contributed by atoms with van der Waals surface area (Å²) < 4.78 is 0. The fraction of sp³-hybridized carbons (Fsp3) is 0.158. The molecule has 2 aromatic heterocycles. The highest BCUT2D eigenvalue weighted by Gasteiger charge is 2.05. The Morgan fingerprint density at radius 3 is 2.64 bits per heavy atom. The molecule has 4 N–H and O–H groups in total. The van der Waals surface area contributed by atoms with Crippen molar-refractivity contribution in [1.29, 1.82) is 0 Å². The van der Waals surface area contributed by atoms with Gasteiger partial charge in [-0.05, 0) is 36.8 Å². The maximum absolute atomic E-state index is 12.0. The quantitative estimate of drug-likeness (QED) is 0.452. The van der Waals surface area contributed by atoms with E-state index in [0.29, 0.717) is 41.3 Å². The molecule has 0 aliphatic carbocycles. The predicted molar refractivity (Wildman–Crippen MR) is 111 cm³/mol. The van der Waals surface area contributed by atoms with Crippen molar-refractivity contribution < 1.29 is 4.79 Å². The summed E-state index contributed by atoms with van der Waals surface area (Å²) in [6.45, 7) is 2.84. The number of aryl methyl sites for hydroxylation is 1. The Bertz CT molecular complexity index is 937. The van der Waals surface area contributed by atoms with Crippen LogP contribution in [0.2, 0.25) is 5.02 Å². The number of carbonyl (C=O) groups excluding carboxylic acids is 1. The minimum absolute atomic E-state index is 0.326. The van der Waals surface area contributed by atoms with Crippen LogP contribution in [0.3, 0.4) is 0 Å². The summed E-state index contributed by atoms with van der Waals surface area (Å²) in [5.74, 6) is 1.95. The van der Waals surface area contributed by atoms with Crippen LogP contribution < -0.4 is 21.3 Å². The first-order valence-corrected chi connectivity index (χ1v) is 9.03. The van der Waals surface area contributed by atoms with Crippen molar-refractivity contribution in [2.75, 3.05) is 29.0 Å². The molecule has 0 unspecified atom stereocenters. The Labute approximate surface area is 167 Å². The zero-order chi connectivity index (χ0) is 19.8. The zero-order valence-corrected chi connectivity index (χ0v) is 16.0. The summed E-state index contributed by atoms with van der Waals surface area (Å²) in [6.07, 6.45) is 3.15. The Balaban J connectivity index is 1.43. The van der Waals surface area contributed by atoms with Gasteiger partial charge < -0.3 is 21.3 Å². The lowest BCUT2D eigenvalue weighted by Crippen LogP contribution is -2.32. The van der Waals surface area contributed by atoms with Crippen LogP contribution in [0.25, 0.3) is 0 Å². The standard InChI is InChI=1S/C19H20ClN7O/c1-13-5-6-15(14(20)10-13)26-19(28)23-9-8-22-17-11-18(25-12-24-17)27-16-4-2-3-7-21-16/h2-7,10-12H,8-9H2,1H3,(H2,23,26,28)(H2,21,22,24,25,27). The van der Waals surface area contributed by atoms with E-state index >= 15 is 0 Å². The molecule has 0 aliphatic rings. The topological polar surface area (TPSA) is 104 Å². The van der Waals surface area contributed by atoms with Crippen molar-refractivity contribution in [3.63, 3.8) is 0 Å². The molecule has 1 aromatic carbocycles. The summed E-state index contributed by atoms with van der Waals surface area (Å²) in [4.78, 5) is 24.5. The van der Waals surface area contributed by atoms with E-state index in [9.17, 15) is 4.79 Å². The highest BCUT2D eigenvalue weighted by molar-refractivity contribution is 6.33. The fourth-order valence-corrected chi connectivity index (χ4v) is 2.63. The van der Waals surface area contributed by atoms with Crippen molar-refractivity contribution in [3.05, 3.63) is 65.6 Å². The number of aromatic nitrogens is 3. The van der Waals surface area contributed by atoms with Crippen LogP contribution in [-0.2, 0) is 0 Å². The summed E-state index contributed by atoms with van der Waals surface area (Å²) in [7, 11) is 0. The highest BCUT2D eigenvalue weighted by atomic mass is 35.5. The molecule has 2 heterocycles. The molecule has 0 aliphatic heterocycles. The number of carbonyl (C=O) groups is 1. The number of anilines is 4. The van der Waals surface area contributed by atoms with Crippen LogP contribution in [0.15, 0.2) is 55.0 Å². The van der Waals surface area contributed by atoms with Crippen molar-refractivity contribution in [2.45, 2.75) is 6.92 Å². The molecule has 0 fully saturated rings. The summed E-state index contributed by atoms with van der Waals surface area (Å²) in [6, 6.07) is 12.5. The van der Waals surface area contributed by atoms with Crippen molar-refractivity contribution in [1.82, 2.24) is 20.3 Å². The van der Waals surface area contributed by atoms with Gasteiger partial charge in [0.2, 0.25) is 0 Å². The van der Waals surface area contributed by atoms with Crippen LogP contribution in [0.1, 0.15) is 5.56 Å². The van der Waals surface area contributed by atoms with Crippen molar-refractivity contribution >= 4 is 40.8 Å². The molecule has 8 nitrogen and oxygen atoms in total. The Kier molecular flexibility index (Phi) is 6.59. The molecule has 3 rings (SSSR count). The van der Waals surface area contributed by atoms with E-state index < -0.39 is 0 Å². The monoisotopic (exact) mass is 397 g/mol. The van der Waals surface area contributed by atoms with Crippen molar-refractivity contribution in [3.8, 4) is 0 Å². The number of urea groups is 1. The molecule has 0 radical (unpaired) electrons. The molecule has 9 heteroatoms. The van der Waals surface area contributed by atoms with Crippen LogP contribution in [0, 0.1) is 6.92 Å². The molecule has 0 bridgehead atoms. The second-order valence-electron chi connectivity index (χ2n) is 5.92. The molecule has 0 saturated heterocycles. The van der Waals surface area contributed by atoms with Crippen LogP contribution >= 0.6 is 11.6 Å². The number of benzene rings is 1. The number of nitrogens with one attached hydrogen (secondary N) is 4. The molecule has 3 aromatic rings. The lowest BCUT2D eigenvalue weighted by Gasteiger charge is -2.11. The van der Waals surface area contributed by atoms with E-state index in [1.807, 2.05) is 31.2 Å². The van der Waals surface area contributed by atoms with Gasteiger partial charge in [-0.2, -0.15) is 0 Å². The average molecular weight is 398 g/mol. The molecule has 0 saturated carbocycles. The number of halogens is 1. The van der Waals surface area contributed by atoms with E-state index in [-0.39, 0.29) is 6.03 Å². The third-order valence-electron chi connectivity index (χ3n) is 3.68. The second kappa shape index (κ2) is 9.52. The maximum atomic E-state index is 12.0. The lowest BCUT2D eigenvalue weighted by atomic mass is 10.2. The largest absolute Gasteiger partial charge is 0.368 e. The molecule has 0 atom stereocenters. The SMILES string of the molecule is Cc1ccc(NC(=O)NCCNc2cc(Nc3ccccn3)ncn2)c(Cl)c1. The molecule has 2 amide bonds. The first-order valence-electron chi connectivity index (χ1n) is 8.65. The summed E-state index contributed by atoms with van der Waals surface area (Å²) >= 11 is 6.11. The number of rotatable bonds is 7. The van der Waals surface area contributed by atoms with Gasteiger partial charge in [-0.1, -0.05) is 23.7 Å². The van der Waals surface area contributed by atoms with E-state index in [4.69, 9.17) is 11.6 Å². The first-order chi connectivity index (χ1) is 13.6. The predicted octanol–water partition coefficient (Wildman–Crippen LogP) is 3.81. The first kappa shape index (κ1) is 19.4. The minimum atomic E-state index is -0.326. The van der Waals surface area contributed by atoms with E-state index in [1.165, 1.54) is 6.33 Å². The minimum Gasteiger partial charge on any atom is -0.368 e. The van der Waals surface area contributed by atoms with E-state index in [2.05, 4.69) is 36.2 Å². The van der Waals surface area contributed by atoms with Gasteiger partial charge in [-0.25, -0.2) is 19.7 Å². The van der Waals surface area contributed by atoms with Gasteiger partial charge in [-0.3, -0.25) is 0 Å². The van der Waals surface area contributed by atoms with Gasteiger partial charge in [0.25, 0.3) is 0 Å². The maximum Gasteiger partial charge on any atom is 0.319 e. The number of amides is 2. The highest BCUT2D eigenvalue weighted by Crippen LogP contribution is 2.22. The van der Waals surface area contributed by atoms with Crippen LogP contribution in [0.5, 0.6) is 0 Å².